The molecule has 1 aromatic carbocycles. The average molecular weight is 248 g/mol. The molecule has 0 unspecified atom stereocenters. The number of fused-ring (bicyclic) bond motifs is 1. The normalized spacial score (nSPS) is 20.8. The van der Waals surface area contributed by atoms with Crippen LogP contribution < -0.4 is 0 Å². The summed E-state index contributed by atoms with van der Waals surface area (Å²) in [7, 11) is 4.29. The van der Waals surface area contributed by atoms with E-state index in [0.717, 1.165) is 32.8 Å². The van der Waals surface area contributed by atoms with Gasteiger partial charge in [0, 0.05) is 26.2 Å². The topological polar surface area (TPSA) is 15.7 Å². The fourth-order valence-electron chi connectivity index (χ4n) is 2.29. The lowest BCUT2D eigenvalue weighted by atomic mass is 10.0. The van der Waals surface area contributed by atoms with E-state index in [0.29, 0.717) is 0 Å². The predicted molar refractivity (Wildman–Crippen MR) is 74.8 cm³/mol. The summed E-state index contributed by atoms with van der Waals surface area (Å²) >= 11 is 0. The highest BCUT2D eigenvalue weighted by molar-refractivity contribution is 5.28. The van der Waals surface area contributed by atoms with E-state index in [1.807, 2.05) is 0 Å². The molecule has 0 amide bonds. The molecule has 1 aromatic rings. The molecule has 1 fully saturated rings. The number of ether oxygens (including phenoxy) is 1. The van der Waals surface area contributed by atoms with Crippen molar-refractivity contribution in [2.24, 2.45) is 0 Å². The van der Waals surface area contributed by atoms with Crippen molar-refractivity contribution >= 4 is 0 Å². The first-order valence-electron chi connectivity index (χ1n) is 6.77. The van der Waals surface area contributed by atoms with Crippen LogP contribution in [0.1, 0.15) is 11.1 Å². The molecule has 0 bridgehead atoms. The molecule has 0 saturated carbocycles. The van der Waals surface area contributed by atoms with Crippen molar-refractivity contribution in [1.82, 2.24) is 9.80 Å². The van der Waals surface area contributed by atoms with Gasteiger partial charge in [-0.3, -0.25) is 0 Å². The summed E-state index contributed by atoms with van der Waals surface area (Å²) in [6, 6.07) is 8.72. The van der Waals surface area contributed by atoms with Gasteiger partial charge in [-0.05, 0) is 31.6 Å². The van der Waals surface area contributed by atoms with Gasteiger partial charge in [-0.1, -0.05) is 24.3 Å². The highest BCUT2D eigenvalue weighted by atomic mass is 16.5. The van der Waals surface area contributed by atoms with E-state index in [9.17, 15) is 0 Å². The molecule has 0 radical (unpaired) electrons. The molecule has 3 nitrogen and oxygen atoms in total. The number of nitrogens with zero attached hydrogens (tertiary/aromatic N) is 2. The summed E-state index contributed by atoms with van der Waals surface area (Å²) in [4.78, 5) is 4.63. The lowest BCUT2D eigenvalue weighted by Gasteiger charge is -2.24. The Hall–Kier alpha value is -0.900. The lowest BCUT2D eigenvalue weighted by Crippen LogP contribution is -2.32. The van der Waals surface area contributed by atoms with Crippen molar-refractivity contribution < 1.29 is 4.74 Å². The minimum atomic E-state index is 0.913. The van der Waals surface area contributed by atoms with Crippen LogP contribution in [0, 0.1) is 0 Å². The van der Waals surface area contributed by atoms with Crippen molar-refractivity contribution in [1.29, 1.82) is 0 Å². The summed E-state index contributed by atoms with van der Waals surface area (Å²) in [6.07, 6.45) is 1.21. The van der Waals surface area contributed by atoms with E-state index in [1.165, 1.54) is 24.1 Å². The maximum atomic E-state index is 5.10. The fraction of sp³-hybridized carbons (Fsp3) is 0.600. The molecule has 100 valence electrons. The highest BCUT2D eigenvalue weighted by Gasteiger charge is 2.10. The molecule has 0 atom stereocenters. The molecule has 0 aliphatic carbocycles. The number of rotatable bonds is 0. The van der Waals surface area contributed by atoms with E-state index in [-0.39, 0.29) is 0 Å². The molecule has 0 spiro atoms. The van der Waals surface area contributed by atoms with Crippen LogP contribution in [0.25, 0.3) is 0 Å². The maximum Gasteiger partial charge on any atom is 0.0594 e. The van der Waals surface area contributed by atoms with Crippen LogP contribution in [-0.2, 0) is 17.7 Å². The van der Waals surface area contributed by atoms with Gasteiger partial charge in [-0.2, -0.15) is 0 Å². The molecular weight excluding hydrogens is 224 g/mol. The van der Waals surface area contributed by atoms with E-state index in [2.05, 4.69) is 48.2 Å². The van der Waals surface area contributed by atoms with Gasteiger partial charge in [0.2, 0.25) is 0 Å². The van der Waals surface area contributed by atoms with E-state index in [1.54, 1.807) is 0 Å². The smallest absolute Gasteiger partial charge is 0.0594 e. The Morgan fingerprint density at radius 3 is 2.17 bits per heavy atom. The second-order valence-corrected chi connectivity index (χ2v) is 5.17. The molecule has 2 aliphatic rings. The van der Waals surface area contributed by atoms with E-state index < -0.39 is 0 Å². The monoisotopic (exact) mass is 248 g/mol. The Morgan fingerprint density at radius 2 is 1.56 bits per heavy atom. The first-order valence-corrected chi connectivity index (χ1v) is 6.77. The molecular formula is C15H24N2O. The van der Waals surface area contributed by atoms with Crippen LogP contribution in [0.5, 0.6) is 0 Å². The first-order chi connectivity index (χ1) is 8.75. The predicted octanol–water partition coefficient (Wildman–Crippen LogP) is 1.62. The van der Waals surface area contributed by atoms with E-state index in [4.69, 9.17) is 4.74 Å². The zero-order valence-electron chi connectivity index (χ0n) is 11.6. The Morgan fingerprint density at radius 1 is 0.889 bits per heavy atom. The second-order valence-electron chi connectivity index (χ2n) is 5.17. The standard InChI is InChI=1S/C10H13N.C5H11NO/c1-11-7-6-9-4-2-3-5-10(9)8-11;1-6-2-4-7-5-3-6/h2-5H,6-8H2,1H3;2-5H2,1H3. The van der Waals surface area contributed by atoms with Crippen molar-refractivity contribution in [3.05, 3.63) is 35.4 Å². The van der Waals surface area contributed by atoms with Crippen molar-refractivity contribution in [2.75, 3.05) is 46.9 Å². The summed E-state index contributed by atoms with van der Waals surface area (Å²) < 4.78 is 5.10. The molecule has 1 saturated heterocycles. The van der Waals surface area contributed by atoms with Gasteiger partial charge in [0.25, 0.3) is 0 Å². The highest BCUT2D eigenvalue weighted by Crippen LogP contribution is 2.16. The summed E-state index contributed by atoms with van der Waals surface area (Å²) in [6.45, 7) is 6.35. The van der Waals surface area contributed by atoms with Gasteiger partial charge < -0.3 is 14.5 Å². The number of hydrogen-bond donors (Lipinski definition) is 0. The molecule has 2 heterocycles. The lowest BCUT2D eigenvalue weighted by molar-refractivity contribution is 0.0503. The maximum absolute atomic E-state index is 5.10. The molecule has 0 aromatic heterocycles. The van der Waals surface area contributed by atoms with Gasteiger partial charge in [0.05, 0.1) is 13.2 Å². The zero-order chi connectivity index (χ0) is 12.8. The first kappa shape index (κ1) is 13.5. The number of hydrogen-bond acceptors (Lipinski definition) is 3. The summed E-state index contributed by atoms with van der Waals surface area (Å²) in [5.41, 5.74) is 3.03. The van der Waals surface area contributed by atoms with Gasteiger partial charge in [0.1, 0.15) is 0 Å². The van der Waals surface area contributed by atoms with Crippen LogP contribution in [-0.4, -0.2) is 56.7 Å². The molecule has 3 rings (SSSR count). The average Bonchev–Trinajstić information content (AvgIpc) is 2.40. The molecule has 0 N–H and O–H groups in total. The largest absolute Gasteiger partial charge is 0.379 e. The Labute approximate surface area is 110 Å². The summed E-state index contributed by atoms with van der Waals surface area (Å²) in [5.74, 6) is 0. The van der Waals surface area contributed by atoms with E-state index >= 15 is 0 Å². The van der Waals surface area contributed by atoms with Crippen LogP contribution in [0.4, 0.5) is 0 Å². The number of morpholine rings is 1. The third-order valence-corrected chi connectivity index (χ3v) is 3.56. The Bertz CT molecular complexity index is 361. The molecule has 3 heteroatoms. The Kier molecular flexibility index (Phi) is 5.17. The third kappa shape index (κ3) is 4.09. The van der Waals surface area contributed by atoms with Crippen molar-refractivity contribution in [2.45, 2.75) is 13.0 Å². The number of benzene rings is 1. The van der Waals surface area contributed by atoms with Crippen LogP contribution in [0.15, 0.2) is 24.3 Å². The van der Waals surface area contributed by atoms with Crippen LogP contribution in [0.3, 0.4) is 0 Å². The quantitative estimate of drug-likeness (QED) is 0.694. The minimum absolute atomic E-state index is 0.913. The van der Waals surface area contributed by atoms with Gasteiger partial charge in [-0.25, -0.2) is 0 Å². The SMILES string of the molecule is CN1CCOCC1.CN1CCc2ccccc2C1. The minimum Gasteiger partial charge on any atom is -0.379 e. The number of likely N-dealkylation sites (N-methyl/N-ethyl adjacent to an activating group) is 2. The summed E-state index contributed by atoms with van der Waals surface area (Å²) in [5, 5.41) is 0. The molecule has 2 aliphatic heterocycles. The van der Waals surface area contributed by atoms with Crippen molar-refractivity contribution in [3.63, 3.8) is 0 Å². The molecule has 18 heavy (non-hydrogen) atoms. The van der Waals surface area contributed by atoms with Gasteiger partial charge >= 0.3 is 0 Å². The zero-order valence-corrected chi connectivity index (χ0v) is 11.6. The third-order valence-electron chi connectivity index (χ3n) is 3.56. The Balaban J connectivity index is 0.000000149. The van der Waals surface area contributed by atoms with Crippen LogP contribution >= 0.6 is 0 Å². The fourth-order valence-corrected chi connectivity index (χ4v) is 2.29. The van der Waals surface area contributed by atoms with Crippen molar-refractivity contribution in [3.8, 4) is 0 Å². The second kappa shape index (κ2) is 6.88. The van der Waals surface area contributed by atoms with Crippen LogP contribution in [0.2, 0.25) is 0 Å². The van der Waals surface area contributed by atoms with Gasteiger partial charge in [-0.15, -0.1) is 0 Å². The van der Waals surface area contributed by atoms with Gasteiger partial charge in [0.15, 0.2) is 0 Å².